The number of amides is 1. The molecule has 0 aliphatic carbocycles. The number of hydrogen-bond donors (Lipinski definition) is 1. The van der Waals surface area contributed by atoms with Crippen LogP contribution in [0.25, 0.3) is 0 Å². The van der Waals surface area contributed by atoms with Crippen LogP contribution in [0, 0.1) is 0 Å². The van der Waals surface area contributed by atoms with Crippen LogP contribution in [-0.4, -0.2) is 50.9 Å². The summed E-state index contributed by atoms with van der Waals surface area (Å²) in [6.07, 6.45) is 7.73. The topological polar surface area (TPSA) is 102 Å². The summed E-state index contributed by atoms with van der Waals surface area (Å²) in [6, 6.07) is 4.41. The fourth-order valence-corrected chi connectivity index (χ4v) is 4.43. The van der Waals surface area contributed by atoms with Crippen molar-refractivity contribution in [2.24, 2.45) is 0 Å². The molecule has 1 N–H and O–H groups in total. The molecule has 1 aromatic carbocycles. The van der Waals surface area contributed by atoms with E-state index in [0.717, 1.165) is 12.8 Å². The average Bonchev–Trinajstić information content (AvgIpc) is 3.24. The van der Waals surface area contributed by atoms with Gasteiger partial charge in [-0.2, -0.15) is 4.31 Å². The van der Waals surface area contributed by atoms with Gasteiger partial charge < -0.3 is 14.8 Å². The Morgan fingerprint density at radius 2 is 1.93 bits per heavy atom. The summed E-state index contributed by atoms with van der Waals surface area (Å²) >= 11 is 0. The van der Waals surface area contributed by atoms with E-state index in [0.29, 0.717) is 19.7 Å². The molecule has 2 rings (SSSR count). The molecule has 0 spiro atoms. The van der Waals surface area contributed by atoms with Gasteiger partial charge in [-0.05, 0) is 44.9 Å². The van der Waals surface area contributed by atoms with E-state index < -0.39 is 28.5 Å². The third kappa shape index (κ3) is 6.43. The minimum Gasteiger partial charge on any atom is -0.492 e. The fraction of sp³-hybridized carbons (Fsp3) is 0.400. The van der Waals surface area contributed by atoms with Crippen molar-refractivity contribution in [1.82, 2.24) is 4.31 Å². The summed E-state index contributed by atoms with van der Waals surface area (Å²) in [4.78, 5) is 23.6. The Kier molecular flexibility index (Phi) is 8.41. The molecule has 8 nitrogen and oxygen atoms in total. The van der Waals surface area contributed by atoms with Crippen molar-refractivity contribution in [3.8, 4) is 5.75 Å². The third-order valence-electron chi connectivity index (χ3n) is 4.09. The summed E-state index contributed by atoms with van der Waals surface area (Å²) in [7, 11) is -3.73. The van der Waals surface area contributed by atoms with Crippen LogP contribution in [0.4, 0.5) is 5.69 Å². The van der Waals surface area contributed by atoms with Crippen LogP contribution >= 0.6 is 0 Å². The Labute approximate surface area is 171 Å². The van der Waals surface area contributed by atoms with Crippen molar-refractivity contribution in [2.45, 2.75) is 31.6 Å². The molecule has 0 saturated carbocycles. The first kappa shape index (κ1) is 22.6. The number of esters is 1. The van der Waals surface area contributed by atoms with Gasteiger partial charge in [0.25, 0.3) is 5.91 Å². The molecule has 1 aliphatic heterocycles. The standard InChI is InChI=1S/C20H26N2O6S/c1-3-5-6-9-20(24)28-15-19(23)21-16-10-11-17(27-4-2)18(14-16)29(25,26)22-12-7-8-13-22/h3,5-6,9-11,14H,4,7-8,12-13,15H2,1-2H3,(H,21,23)/b5-3+,9-6+. The predicted octanol–water partition coefficient (Wildman–Crippen LogP) is 2.48. The smallest absolute Gasteiger partial charge is 0.331 e. The van der Waals surface area contributed by atoms with E-state index in [4.69, 9.17) is 9.47 Å². The Bertz CT molecular complexity index is 886. The molecule has 0 bridgehead atoms. The van der Waals surface area contributed by atoms with Crippen molar-refractivity contribution in [2.75, 3.05) is 31.6 Å². The van der Waals surface area contributed by atoms with E-state index in [-0.39, 0.29) is 16.3 Å². The first-order valence-corrected chi connectivity index (χ1v) is 10.9. The lowest BCUT2D eigenvalue weighted by Crippen LogP contribution is -2.28. The molecule has 0 atom stereocenters. The Balaban J connectivity index is 2.11. The minimum atomic E-state index is -3.73. The Hall–Kier alpha value is -2.65. The van der Waals surface area contributed by atoms with Gasteiger partial charge in [-0.3, -0.25) is 4.79 Å². The van der Waals surface area contributed by atoms with Gasteiger partial charge in [0.15, 0.2) is 6.61 Å². The highest BCUT2D eigenvalue weighted by Gasteiger charge is 2.30. The molecule has 1 heterocycles. The van der Waals surface area contributed by atoms with Crippen molar-refractivity contribution in [3.63, 3.8) is 0 Å². The molecule has 1 amide bonds. The molecule has 1 aliphatic rings. The molecule has 1 saturated heterocycles. The number of carbonyl (C=O) groups is 2. The lowest BCUT2D eigenvalue weighted by Gasteiger charge is -2.19. The van der Waals surface area contributed by atoms with Crippen LogP contribution in [0.1, 0.15) is 26.7 Å². The number of carbonyl (C=O) groups excluding carboxylic acids is 2. The number of nitrogens with one attached hydrogen (secondary N) is 1. The monoisotopic (exact) mass is 422 g/mol. The predicted molar refractivity (Wildman–Crippen MR) is 109 cm³/mol. The summed E-state index contributed by atoms with van der Waals surface area (Å²) < 4.78 is 37.6. The number of benzene rings is 1. The molecule has 1 aromatic rings. The molecule has 0 aromatic heterocycles. The Morgan fingerprint density at radius 3 is 2.59 bits per heavy atom. The maximum atomic E-state index is 13.0. The highest BCUT2D eigenvalue weighted by atomic mass is 32.2. The molecule has 158 valence electrons. The number of ether oxygens (including phenoxy) is 2. The zero-order valence-corrected chi connectivity index (χ0v) is 17.4. The number of rotatable bonds is 9. The van der Waals surface area contributed by atoms with Crippen LogP contribution in [0.2, 0.25) is 0 Å². The molecule has 0 unspecified atom stereocenters. The zero-order valence-electron chi connectivity index (χ0n) is 16.6. The van der Waals surface area contributed by atoms with Gasteiger partial charge in [0.05, 0.1) is 6.61 Å². The molecule has 29 heavy (non-hydrogen) atoms. The van der Waals surface area contributed by atoms with Crippen molar-refractivity contribution in [3.05, 3.63) is 42.5 Å². The van der Waals surface area contributed by atoms with Crippen LogP contribution in [0.15, 0.2) is 47.4 Å². The van der Waals surface area contributed by atoms with Crippen molar-refractivity contribution in [1.29, 1.82) is 0 Å². The van der Waals surface area contributed by atoms with E-state index in [1.807, 2.05) is 0 Å². The van der Waals surface area contributed by atoms with E-state index in [2.05, 4.69) is 5.32 Å². The van der Waals surface area contributed by atoms with Gasteiger partial charge in [0.1, 0.15) is 10.6 Å². The first-order valence-electron chi connectivity index (χ1n) is 9.41. The van der Waals surface area contributed by atoms with Crippen LogP contribution in [0.5, 0.6) is 5.75 Å². The van der Waals surface area contributed by atoms with E-state index in [1.54, 1.807) is 32.1 Å². The maximum absolute atomic E-state index is 13.0. The maximum Gasteiger partial charge on any atom is 0.331 e. The third-order valence-corrected chi connectivity index (χ3v) is 6.01. The number of hydrogen-bond acceptors (Lipinski definition) is 6. The molecule has 0 radical (unpaired) electrons. The molecule has 9 heteroatoms. The number of sulfonamides is 1. The second-order valence-electron chi connectivity index (χ2n) is 6.25. The van der Waals surface area contributed by atoms with Gasteiger partial charge in [-0.25, -0.2) is 13.2 Å². The average molecular weight is 423 g/mol. The quantitative estimate of drug-likeness (QED) is 0.373. The van der Waals surface area contributed by atoms with Gasteiger partial charge >= 0.3 is 5.97 Å². The second kappa shape index (κ2) is 10.8. The summed E-state index contributed by atoms with van der Waals surface area (Å²) in [5.41, 5.74) is 0.275. The normalized spacial score (nSPS) is 15.1. The van der Waals surface area contributed by atoms with Crippen LogP contribution in [-0.2, 0) is 24.3 Å². The second-order valence-corrected chi connectivity index (χ2v) is 8.15. The van der Waals surface area contributed by atoms with Gasteiger partial charge in [-0.1, -0.05) is 18.2 Å². The minimum absolute atomic E-state index is 0.00494. The van der Waals surface area contributed by atoms with E-state index >= 15 is 0 Å². The molecular formula is C20H26N2O6S. The van der Waals surface area contributed by atoms with E-state index in [9.17, 15) is 18.0 Å². The van der Waals surface area contributed by atoms with Gasteiger partial charge in [0, 0.05) is 24.9 Å². The molecule has 1 fully saturated rings. The van der Waals surface area contributed by atoms with Crippen LogP contribution in [0.3, 0.4) is 0 Å². The lowest BCUT2D eigenvalue weighted by molar-refractivity contribution is -0.142. The summed E-state index contributed by atoms with van der Waals surface area (Å²) in [5, 5.41) is 2.54. The summed E-state index contributed by atoms with van der Waals surface area (Å²) in [6.45, 7) is 4.31. The van der Waals surface area contributed by atoms with Gasteiger partial charge in [0.2, 0.25) is 10.0 Å². The SMILES string of the molecule is C/C=C/C=C/C(=O)OCC(=O)Nc1ccc(OCC)c(S(=O)(=O)N2CCCC2)c1. The summed E-state index contributed by atoms with van der Waals surface area (Å²) in [5.74, 6) is -0.994. The van der Waals surface area contributed by atoms with E-state index in [1.165, 1.54) is 28.6 Å². The fourth-order valence-electron chi connectivity index (χ4n) is 2.76. The molecular weight excluding hydrogens is 396 g/mol. The van der Waals surface area contributed by atoms with Crippen molar-refractivity contribution >= 4 is 27.6 Å². The highest BCUT2D eigenvalue weighted by molar-refractivity contribution is 7.89. The van der Waals surface area contributed by atoms with Gasteiger partial charge in [-0.15, -0.1) is 0 Å². The zero-order chi connectivity index (χ0) is 21.3. The number of allylic oxidation sites excluding steroid dienone is 3. The number of anilines is 1. The highest BCUT2D eigenvalue weighted by Crippen LogP contribution is 2.31. The first-order chi connectivity index (χ1) is 13.9. The lowest BCUT2D eigenvalue weighted by atomic mass is 10.3. The number of nitrogens with zero attached hydrogens (tertiary/aromatic N) is 1. The Morgan fingerprint density at radius 1 is 1.21 bits per heavy atom. The largest absolute Gasteiger partial charge is 0.492 e. The van der Waals surface area contributed by atoms with Crippen LogP contribution < -0.4 is 10.1 Å². The van der Waals surface area contributed by atoms with Crippen molar-refractivity contribution < 1.29 is 27.5 Å².